The SMILES string of the molecule is CCCCc1cnc(O[C@H](C)C[C@@H]2CC[C@H](C)N2CS(=O)(=O)c2c(C)n[nH]c2C)cn1. The van der Waals surface area contributed by atoms with Gasteiger partial charge in [0.1, 0.15) is 10.8 Å². The number of hydrogen-bond acceptors (Lipinski definition) is 7. The molecule has 1 saturated heterocycles. The summed E-state index contributed by atoms with van der Waals surface area (Å²) in [4.78, 5) is 11.2. The number of ether oxygens (including phenoxy) is 1. The quantitative estimate of drug-likeness (QED) is 0.591. The molecule has 0 amide bonds. The molecule has 3 atom stereocenters. The monoisotopic (exact) mass is 449 g/mol. The molecule has 0 saturated carbocycles. The lowest BCUT2D eigenvalue weighted by molar-refractivity contribution is 0.143. The summed E-state index contributed by atoms with van der Waals surface area (Å²) in [6, 6.07) is 0.348. The van der Waals surface area contributed by atoms with Crippen LogP contribution in [0.15, 0.2) is 17.3 Å². The number of H-pyrrole nitrogens is 1. The first-order valence-electron chi connectivity index (χ1n) is 11.2. The highest BCUT2D eigenvalue weighted by molar-refractivity contribution is 7.91. The second kappa shape index (κ2) is 10.1. The fourth-order valence-electron chi connectivity index (χ4n) is 4.40. The Morgan fingerprint density at radius 1 is 1.26 bits per heavy atom. The third-order valence-electron chi connectivity index (χ3n) is 6.04. The van der Waals surface area contributed by atoms with Gasteiger partial charge in [0, 0.05) is 12.1 Å². The van der Waals surface area contributed by atoms with Crippen LogP contribution in [0.4, 0.5) is 0 Å². The third kappa shape index (κ3) is 5.83. The molecule has 0 unspecified atom stereocenters. The number of aromatic nitrogens is 4. The van der Waals surface area contributed by atoms with E-state index in [0.29, 0.717) is 22.2 Å². The molecule has 172 valence electrons. The van der Waals surface area contributed by atoms with Gasteiger partial charge in [0.15, 0.2) is 9.84 Å². The number of hydrogen-bond donors (Lipinski definition) is 1. The fourth-order valence-corrected chi connectivity index (χ4v) is 6.39. The second-order valence-electron chi connectivity index (χ2n) is 8.72. The van der Waals surface area contributed by atoms with Gasteiger partial charge in [-0.1, -0.05) is 13.3 Å². The normalized spacial score (nSPS) is 20.8. The molecule has 3 heterocycles. The van der Waals surface area contributed by atoms with Crippen molar-refractivity contribution < 1.29 is 13.2 Å². The van der Waals surface area contributed by atoms with Gasteiger partial charge in [-0.2, -0.15) is 5.10 Å². The molecule has 31 heavy (non-hydrogen) atoms. The molecule has 8 nitrogen and oxygen atoms in total. The first-order chi connectivity index (χ1) is 14.7. The zero-order valence-electron chi connectivity index (χ0n) is 19.3. The Kier molecular flexibility index (Phi) is 7.69. The molecule has 0 bridgehead atoms. The summed E-state index contributed by atoms with van der Waals surface area (Å²) in [6.07, 6.45) is 9.20. The Balaban J connectivity index is 1.62. The molecule has 0 aromatic carbocycles. The molecule has 2 aromatic heterocycles. The van der Waals surface area contributed by atoms with Gasteiger partial charge in [-0.3, -0.25) is 15.0 Å². The van der Waals surface area contributed by atoms with Crippen molar-refractivity contribution in [2.24, 2.45) is 0 Å². The molecule has 0 aliphatic carbocycles. The van der Waals surface area contributed by atoms with Gasteiger partial charge in [-0.05, 0) is 59.8 Å². The molecule has 0 radical (unpaired) electrons. The molecule has 1 aliphatic rings. The van der Waals surface area contributed by atoms with E-state index >= 15 is 0 Å². The first-order valence-corrected chi connectivity index (χ1v) is 12.8. The summed E-state index contributed by atoms with van der Waals surface area (Å²) < 4.78 is 32.2. The van der Waals surface area contributed by atoms with Crippen molar-refractivity contribution in [1.82, 2.24) is 25.1 Å². The van der Waals surface area contributed by atoms with Crippen LogP contribution in [-0.2, 0) is 16.3 Å². The van der Waals surface area contributed by atoms with Crippen LogP contribution in [0.1, 0.15) is 70.0 Å². The third-order valence-corrected chi connectivity index (χ3v) is 7.90. The number of nitrogens with one attached hydrogen (secondary N) is 1. The molecule has 1 fully saturated rings. The van der Waals surface area contributed by atoms with Crippen LogP contribution in [0.3, 0.4) is 0 Å². The topological polar surface area (TPSA) is 101 Å². The van der Waals surface area contributed by atoms with Crippen molar-refractivity contribution in [2.75, 3.05) is 5.88 Å². The summed E-state index contributed by atoms with van der Waals surface area (Å²) in [5.74, 6) is 0.515. The van der Waals surface area contributed by atoms with Gasteiger partial charge in [0.05, 0.1) is 35.6 Å². The zero-order valence-corrected chi connectivity index (χ0v) is 20.1. The Morgan fingerprint density at radius 3 is 2.65 bits per heavy atom. The lowest BCUT2D eigenvalue weighted by Gasteiger charge is -2.29. The van der Waals surface area contributed by atoms with Gasteiger partial charge in [0.2, 0.25) is 5.88 Å². The van der Waals surface area contributed by atoms with Crippen molar-refractivity contribution in [3.63, 3.8) is 0 Å². The highest BCUT2D eigenvalue weighted by atomic mass is 32.2. The molecule has 1 aliphatic heterocycles. The maximum Gasteiger partial charge on any atom is 0.232 e. The van der Waals surface area contributed by atoms with Gasteiger partial charge >= 0.3 is 0 Å². The average molecular weight is 450 g/mol. The molecule has 2 aromatic rings. The van der Waals surface area contributed by atoms with Crippen molar-refractivity contribution >= 4 is 9.84 Å². The molecule has 9 heteroatoms. The van der Waals surface area contributed by atoms with E-state index in [1.54, 1.807) is 26.2 Å². The highest BCUT2D eigenvalue weighted by Crippen LogP contribution is 2.30. The molecular weight excluding hydrogens is 414 g/mol. The Hall–Kier alpha value is -2.00. The summed E-state index contributed by atoms with van der Waals surface area (Å²) in [5.41, 5.74) is 2.10. The average Bonchev–Trinajstić information content (AvgIpc) is 3.23. The van der Waals surface area contributed by atoms with Crippen LogP contribution < -0.4 is 4.74 Å². The zero-order chi connectivity index (χ0) is 22.6. The number of aryl methyl sites for hydroxylation is 3. The van der Waals surface area contributed by atoms with Gasteiger partial charge < -0.3 is 4.74 Å². The Morgan fingerprint density at radius 2 is 2.03 bits per heavy atom. The molecule has 3 rings (SSSR count). The largest absolute Gasteiger partial charge is 0.473 e. The van der Waals surface area contributed by atoms with Crippen LogP contribution >= 0.6 is 0 Å². The molecule has 0 spiro atoms. The maximum atomic E-state index is 13.1. The number of sulfone groups is 1. The Labute approximate surface area is 185 Å². The van der Waals surface area contributed by atoms with Crippen molar-refractivity contribution in [2.45, 2.75) is 96.2 Å². The molecule has 1 N–H and O–H groups in total. The van der Waals surface area contributed by atoms with E-state index in [9.17, 15) is 8.42 Å². The number of unbranched alkanes of at least 4 members (excludes halogenated alkanes) is 1. The van der Waals surface area contributed by atoms with Gasteiger partial charge in [0.25, 0.3) is 0 Å². The highest BCUT2D eigenvalue weighted by Gasteiger charge is 2.36. The predicted molar refractivity (Wildman–Crippen MR) is 120 cm³/mol. The molecular formula is C22H35N5O3S. The number of rotatable bonds is 10. The van der Waals surface area contributed by atoms with E-state index in [1.165, 1.54) is 0 Å². The van der Waals surface area contributed by atoms with E-state index in [0.717, 1.165) is 44.2 Å². The minimum atomic E-state index is -3.47. The van der Waals surface area contributed by atoms with Crippen molar-refractivity contribution in [1.29, 1.82) is 0 Å². The fraction of sp³-hybridized carbons (Fsp3) is 0.682. The number of likely N-dealkylation sites (tertiary alicyclic amines) is 1. The lowest BCUT2D eigenvalue weighted by atomic mass is 10.1. The summed E-state index contributed by atoms with van der Waals surface area (Å²) in [6.45, 7) is 9.74. The van der Waals surface area contributed by atoms with Crippen LogP contribution in [-0.4, -0.2) is 57.5 Å². The Bertz CT molecular complexity index is 939. The van der Waals surface area contributed by atoms with Crippen LogP contribution in [0.5, 0.6) is 5.88 Å². The number of aromatic amines is 1. The summed E-state index contributed by atoms with van der Waals surface area (Å²) in [7, 11) is -3.47. The minimum absolute atomic E-state index is 0.00129. The van der Waals surface area contributed by atoms with Crippen molar-refractivity contribution in [3.8, 4) is 5.88 Å². The van der Waals surface area contributed by atoms with E-state index in [4.69, 9.17) is 4.74 Å². The van der Waals surface area contributed by atoms with Crippen LogP contribution in [0.25, 0.3) is 0 Å². The first kappa shape index (κ1) is 23.7. The second-order valence-corrected chi connectivity index (χ2v) is 10.6. The van der Waals surface area contributed by atoms with Crippen LogP contribution in [0, 0.1) is 13.8 Å². The van der Waals surface area contributed by atoms with Gasteiger partial charge in [-0.25, -0.2) is 13.4 Å². The van der Waals surface area contributed by atoms with E-state index in [1.807, 2.05) is 6.92 Å². The standard InChI is InChI=1S/C22H35N5O3S/c1-6-7-8-19-12-24-21(13-23-19)30-16(3)11-20-10-9-15(2)27(20)14-31(28,29)22-17(4)25-26-18(22)5/h12-13,15-16,20H,6-11,14H2,1-5H3,(H,25,26)/t15-,16+,20-/m0/s1. The summed E-state index contributed by atoms with van der Waals surface area (Å²) >= 11 is 0. The van der Waals surface area contributed by atoms with Crippen LogP contribution in [0.2, 0.25) is 0 Å². The van der Waals surface area contributed by atoms with Crippen molar-refractivity contribution in [3.05, 3.63) is 29.5 Å². The smallest absolute Gasteiger partial charge is 0.232 e. The summed E-state index contributed by atoms with van der Waals surface area (Å²) in [5, 5.41) is 6.84. The van der Waals surface area contributed by atoms with E-state index < -0.39 is 9.84 Å². The van der Waals surface area contributed by atoms with E-state index in [-0.39, 0.29) is 24.1 Å². The number of nitrogens with zero attached hydrogens (tertiary/aromatic N) is 4. The minimum Gasteiger partial charge on any atom is -0.473 e. The predicted octanol–water partition coefficient (Wildman–Crippen LogP) is 3.60. The van der Waals surface area contributed by atoms with E-state index in [2.05, 4.69) is 38.9 Å². The van der Waals surface area contributed by atoms with Gasteiger partial charge in [-0.15, -0.1) is 0 Å². The lowest BCUT2D eigenvalue weighted by Crippen LogP contribution is -2.40. The maximum absolute atomic E-state index is 13.1.